The van der Waals surface area contributed by atoms with Crippen molar-refractivity contribution in [3.8, 4) is 5.75 Å². The first-order valence-corrected chi connectivity index (χ1v) is 9.51. The van der Waals surface area contributed by atoms with Crippen molar-refractivity contribution in [2.24, 2.45) is 0 Å². The Morgan fingerprint density at radius 2 is 1.69 bits per heavy atom. The average Bonchev–Trinajstić information content (AvgIpc) is 2.98. The summed E-state index contributed by atoms with van der Waals surface area (Å²) in [4.78, 5) is 0.225. The molecule has 2 aromatic carbocycles. The molecule has 7 heteroatoms. The number of aromatic nitrogens is 1. The summed E-state index contributed by atoms with van der Waals surface area (Å²) < 4.78 is 38.3. The Morgan fingerprint density at radius 1 is 1.04 bits per heavy atom. The van der Waals surface area contributed by atoms with Crippen molar-refractivity contribution in [1.29, 1.82) is 0 Å². The van der Waals surface area contributed by atoms with Crippen LogP contribution in [0.15, 0.2) is 64.0 Å². The predicted molar refractivity (Wildman–Crippen MR) is 98.8 cm³/mol. The van der Waals surface area contributed by atoms with Gasteiger partial charge in [0.15, 0.2) is 0 Å². The Hall–Kier alpha value is -2.80. The molecule has 1 aromatic heterocycles. The molecule has 0 bridgehead atoms. The van der Waals surface area contributed by atoms with E-state index in [4.69, 9.17) is 9.26 Å². The number of hydrogen-bond donors (Lipinski definition) is 0. The van der Waals surface area contributed by atoms with Crippen LogP contribution >= 0.6 is 0 Å². The van der Waals surface area contributed by atoms with Crippen molar-refractivity contribution in [2.75, 3.05) is 11.4 Å². The Balaban J connectivity index is 2.09. The maximum Gasteiger partial charge on any atom is 0.264 e. The number of rotatable bonds is 6. The molecule has 1 heterocycles. The van der Waals surface area contributed by atoms with Gasteiger partial charge in [-0.25, -0.2) is 8.42 Å². The van der Waals surface area contributed by atoms with E-state index in [1.54, 1.807) is 75.6 Å². The molecule has 0 saturated carbocycles. The second-order valence-corrected chi connectivity index (χ2v) is 7.69. The molecule has 0 spiro atoms. The van der Waals surface area contributed by atoms with Crippen LogP contribution in [0.3, 0.4) is 0 Å². The zero-order valence-electron chi connectivity index (χ0n) is 14.8. The Kier molecular flexibility index (Phi) is 4.99. The third kappa shape index (κ3) is 3.43. The fourth-order valence-electron chi connectivity index (χ4n) is 2.65. The van der Waals surface area contributed by atoms with Gasteiger partial charge in [-0.15, -0.1) is 0 Å². The van der Waals surface area contributed by atoms with Gasteiger partial charge in [0, 0.05) is 5.56 Å². The predicted octanol–water partition coefficient (Wildman–Crippen LogP) is 3.70. The summed E-state index contributed by atoms with van der Waals surface area (Å²) in [7, 11) is -2.19. The number of ether oxygens (including phenoxy) is 1. The van der Waals surface area contributed by atoms with E-state index in [0.717, 1.165) is 5.56 Å². The molecule has 26 heavy (non-hydrogen) atoms. The number of nitrogens with zero attached hydrogens (tertiary/aromatic N) is 2. The van der Waals surface area contributed by atoms with Gasteiger partial charge in [0.05, 0.1) is 29.9 Å². The minimum atomic E-state index is -3.76. The highest BCUT2D eigenvalue weighted by molar-refractivity contribution is 7.92. The highest BCUT2D eigenvalue weighted by Crippen LogP contribution is 2.29. The van der Waals surface area contributed by atoms with E-state index in [0.29, 0.717) is 22.9 Å². The molecule has 0 aliphatic carbocycles. The first-order valence-electron chi connectivity index (χ1n) is 8.07. The number of anilines is 1. The van der Waals surface area contributed by atoms with Crippen LogP contribution in [0.4, 0.5) is 5.69 Å². The van der Waals surface area contributed by atoms with Crippen molar-refractivity contribution >= 4 is 15.7 Å². The second kappa shape index (κ2) is 7.21. The van der Waals surface area contributed by atoms with Crippen LogP contribution in [0.5, 0.6) is 5.75 Å². The normalized spacial score (nSPS) is 11.3. The monoisotopic (exact) mass is 372 g/mol. The number of benzene rings is 2. The van der Waals surface area contributed by atoms with E-state index in [9.17, 15) is 8.42 Å². The lowest BCUT2D eigenvalue weighted by Gasteiger charge is -2.24. The van der Waals surface area contributed by atoms with Gasteiger partial charge in [0.25, 0.3) is 10.0 Å². The molecular formula is C19H20N2O4S. The summed E-state index contributed by atoms with van der Waals surface area (Å²) in [6.45, 7) is 3.70. The topological polar surface area (TPSA) is 72.6 Å². The van der Waals surface area contributed by atoms with E-state index in [1.807, 2.05) is 0 Å². The lowest BCUT2D eigenvalue weighted by Crippen LogP contribution is -2.31. The number of hydrogen-bond acceptors (Lipinski definition) is 5. The summed E-state index contributed by atoms with van der Waals surface area (Å²) in [5.74, 6) is 1.26. The van der Waals surface area contributed by atoms with E-state index in [2.05, 4.69) is 5.16 Å². The molecule has 0 amide bonds. The molecule has 0 aliphatic rings. The van der Waals surface area contributed by atoms with E-state index < -0.39 is 10.0 Å². The van der Waals surface area contributed by atoms with Crippen LogP contribution < -0.4 is 9.04 Å². The van der Waals surface area contributed by atoms with Gasteiger partial charge < -0.3 is 9.26 Å². The van der Waals surface area contributed by atoms with Crippen LogP contribution in [0.25, 0.3) is 0 Å². The summed E-state index contributed by atoms with van der Waals surface area (Å²) in [6.07, 6.45) is 0. The van der Waals surface area contributed by atoms with Crippen LogP contribution in [-0.2, 0) is 16.6 Å². The molecule has 0 fully saturated rings. The Labute approximate surface area is 153 Å². The fourth-order valence-corrected chi connectivity index (χ4v) is 4.11. The largest absolute Gasteiger partial charge is 0.497 e. The Bertz CT molecular complexity index is 961. The minimum Gasteiger partial charge on any atom is -0.497 e. The first-order chi connectivity index (χ1) is 12.4. The van der Waals surface area contributed by atoms with E-state index >= 15 is 0 Å². The molecule has 3 rings (SSSR count). The standard InChI is InChI=1S/C19H20N2O4S/c1-14-19(15(2)25-20-14)13-21(16-9-11-17(24-3)12-10-16)26(22,23)18-7-5-4-6-8-18/h4-12H,13H2,1-3H3. The molecule has 0 radical (unpaired) electrons. The van der Waals surface area contributed by atoms with Gasteiger partial charge in [0.1, 0.15) is 11.5 Å². The van der Waals surface area contributed by atoms with Crippen molar-refractivity contribution in [1.82, 2.24) is 5.16 Å². The second-order valence-electron chi connectivity index (χ2n) is 5.83. The molecular weight excluding hydrogens is 352 g/mol. The zero-order valence-corrected chi connectivity index (χ0v) is 15.7. The van der Waals surface area contributed by atoms with Gasteiger partial charge in [-0.2, -0.15) is 0 Å². The van der Waals surface area contributed by atoms with Gasteiger partial charge in [-0.3, -0.25) is 4.31 Å². The lowest BCUT2D eigenvalue weighted by atomic mass is 10.2. The summed E-state index contributed by atoms with van der Waals surface area (Å²) >= 11 is 0. The van der Waals surface area contributed by atoms with Crippen molar-refractivity contribution in [3.05, 3.63) is 71.6 Å². The van der Waals surface area contributed by atoms with Crippen LogP contribution in [0.1, 0.15) is 17.0 Å². The van der Waals surface area contributed by atoms with Crippen molar-refractivity contribution < 1.29 is 17.7 Å². The smallest absolute Gasteiger partial charge is 0.264 e. The third-order valence-electron chi connectivity index (χ3n) is 4.17. The van der Waals surface area contributed by atoms with Crippen molar-refractivity contribution in [2.45, 2.75) is 25.3 Å². The SMILES string of the molecule is COc1ccc(N(Cc2c(C)noc2C)S(=O)(=O)c2ccccc2)cc1. The summed E-state index contributed by atoms with van der Waals surface area (Å²) in [5, 5.41) is 3.93. The summed E-state index contributed by atoms with van der Waals surface area (Å²) in [5.41, 5.74) is 1.96. The molecule has 0 N–H and O–H groups in total. The lowest BCUT2D eigenvalue weighted by molar-refractivity contribution is 0.392. The van der Waals surface area contributed by atoms with Crippen LogP contribution in [0.2, 0.25) is 0 Å². The number of methoxy groups -OCH3 is 1. The van der Waals surface area contributed by atoms with Gasteiger partial charge >= 0.3 is 0 Å². The molecule has 6 nitrogen and oxygen atoms in total. The quantitative estimate of drug-likeness (QED) is 0.660. The molecule has 136 valence electrons. The molecule has 0 saturated heterocycles. The Morgan fingerprint density at radius 3 is 2.23 bits per heavy atom. The molecule has 3 aromatic rings. The van der Waals surface area contributed by atoms with Gasteiger partial charge in [-0.05, 0) is 50.2 Å². The maximum absolute atomic E-state index is 13.3. The fraction of sp³-hybridized carbons (Fsp3) is 0.211. The van der Waals surface area contributed by atoms with Gasteiger partial charge in [0.2, 0.25) is 0 Å². The maximum atomic E-state index is 13.3. The minimum absolute atomic E-state index is 0.130. The third-order valence-corrected chi connectivity index (χ3v) is 5.96. The first kappa shape index (κ1) is 18.0. The molecule has 0 aliphatic heterocycles. The average molecular weight is 372 g/mol. The van der Waals surface area contributed by atoms with Crippen LogP contribution in [0, 0.1) is 13.8 Å². The van der Waals surface area contributed by atoms with Gasteiger partial charge in [-0.1, -0.05) is 23.4 Å². The van der Waals surface area contributed by atoms with Crippen LogP contribution in [-0.4, -0.2) is 20.7 Å². The van der Waals surface area contributed by atoms with E-state index in [1.165, 1.54) is 4.31 Å². The molecule has 0 atom stereocenters. The zero-order chi connectivity index (χ0) is 18.7. The van der Waals surface area contributed by atoms with E-state index in [-0.39, 0.29) is 11.4 Å². The highest BCUT2D eigenvalue weighted by Gasteiger charge is 2.27. The number of sulfonamides is 1. The van der Waals surface area contributed by atoms with Crippen molar-refractivity contribution in [3.63, 3.8) is 0 Å². The highest BCUT2D eigenvalue weighted by atomic mass is 32.2. The molecule has 0 unspecified atom stereocenters. The number of aryl methyl sites for hydroxylation is 2. The summed E-state index contributed by atoms with van der Waals surface area (Å²) in [6, 6.07) is 15.3.